The fraction of sp³-hybridized carbons (Fsp3) is 0.333. The highest BCUT2D eigenvalue weighted by Gasteiger charge is 2.33. The third-order valence-electron chi connectivity index (χ3n) is 9.54. The number of aliphatic hydroxyl groups excluding tert-OH is 2. The van der Waals surface area contributed by atoms with E-state index in [1.807, 2.05) is 43.3 Å². The van der Waals surface area contributed by atoms with Gasteiger partial charge in [0, 0.05) is 13.1 Å². The van der Waals surface area contributed by atoms with E-state index in [1.165, 1.54) is 38.1 Å². The van der Waals surface area contributed by atoms with Gasteiger partial charge in [0.25, 0.3) is 0 Å². The van der Waals surface area contributed by atoms with Crippen molar-refractivity contribution in [3.63, 3.8) is 0 Å². The first-order valence-electron chi connectivity index (χ1n) is 16.5. The molecule has 1 unspecified atom stereocenters. The molecular weight excluding hydrogens is 662 g/mol. The van der Waals surface area contributed by atoms with Gasteiger partial charge in [-0.1, -0.05) is 48.5 Å². The number of carbonyl (C=O) groups is 2. The molecule has 0 amide bonds. The number of rotatable bonds is 16. The quantitative estimate of drug-likeness (QED) is 0.0888. The lowest BCUT2D eigenvalue weighted by Crippen LogP contribution is -2.52. The van der Waals surface area contributed by atoms with Crippen LogP contribution < -0.4 is 20.1 Å². The summed E-state index contributed by atoms with van der Waals surface area (Å²) >= 11 is 0. The number of benzene rings is 4. The molecule has 0 saturated carbocycles. The molecule has 10 nitrogen and oxygen atoms in total. The molecule has 3 atom stereocenters. The Hall–Kier alpha value is -4.88. The first-order chi connectivity index (χ1) is 24.3. The molecule has 6 N–H and O–H groups in total. The van der Waals surface area contributed by atoms with Gasteiger partial charge in [0.2, 0.25) is 0 Å². The van der Waals surface area contributed by atoms with E-state index >= 15 is 4.39 Å². The number of aliphatic hydroxyl groups is 2. The summed E-state index contributed by atoms with van der Waals surface area (Å²) in [6.45, 7) is 3.63. The Kier molecular flexibility index (Phi) is 11.4. The summed E-state index contributed by atoms with van der Waals surface area (Å²) in [7, 11) is 0. The van der Waals surface area contributed by atoms with Gasteiger partial charge in [0.15, 0.2) is 23.1 Å². The lowest BCUT2D eigenvalue weighted by Gasteiger charge is -2.24. The molecule has 4 aromatic carbocycles. The number of nitrogens with one attached hydrogen (secondary N) is 2. The smallest absolute Gasteiger partial charge is 0.326 e. The second kappa shape index (κ2) is 15.6. The van der Waals surface area contributed by atoms with E-state index in [-0.39, 0.29) is 37.3 Å². The van der Waals surface area contributed by atoms with Crippen molar-refractivity contribution in [2.45, 2.75) is 70.5 Å². The van der Waals surface area contributed by atoms with Gasteiger partial charge < -0.3 is 29.9 Å². The number of halogens is 2. The molecule has 270 valence electrons. The van der Waals surface area contributed by atoms with Gasteiger partial charge in [0.1, 0.15) is 23.8 Å². The zero-order valence-electron chi connectivity index (χ0n) is 28.6. The van der Waals surface area contributed by atoms with Crippen LogP contribution >= 0.6 is 0 Å². The topological polar surface area (TPSA) is 158 Å². The second-order valence-corrected chi connectivity index (χ2v) is 13.2. The highest BCUT2D eigenvalue weighted by molar-refractivity contribution is 5.79. The van der Waals surface area contributed by atoms with Crippen LogP contribution in [-0.4, -0.2) is 56.7 Å². The Labute approximate surface area is 294 Å². The lowest BCUT2D eigenvalue weighted by atomic mass is 9.91. The SMILES string of the molecule is Cc1c(COc2ccc(CN[C@@](C)(CO)C(=O)O)cc2F)cccc1-c1cccc2c1CCC2Oc1ccc(CN[C@@](C)(CO)C(=O)O)cc1F. The van der Waals surface area contributed by atoms with Gasteiger partial charge in [-0.15, -0.1) is 0 Å². The van der Waals surface area contributed by atoms with Crippen LogP contribution in [0.15, 0.2) is 72.8 Å². The number of carboxylic acids is 2. The standard InChI is InChI=1S/C39H42F2N2O8/c1-23-26(20-50-34-13-10-24(16-31(34)40)18-42-38(2,21-44)36(46)47)6-4-7-27(23)28-8-5-9-30-29(28)12-15-33(30)51-35-14-11-25(17-32(35)41)19-43-39(3,22-45)37(48)49/h4-11,13-14,16-17,33,42-45H,12,15,18-22H2,1-3H3,(H,46,47)(H,48,49)/t33?,38-,39-/m0/s1. The Morgan fingerprint density at radius 2 is 1.35 bits per heavy atom. The second-order valence-electron chi connectivity index (χ2n) is 13.2. The first-order valence-corrected chi connectivity index (χ1v) is 16.5. The summed E-state index contributed by atoms with van der Waals surface area (Å²) in [4.78, 5) is 22.9. The van der Waals surface area contributed by atoms with Crippen molar-refractivity contribution < 1.29 is 48.3 Å². The predicted octanol–water partition coefficient (Wildman–Crippen LogP) is 5.44. The van der Waals surface area contributed by atoms with Crippen molar-refractivity contribution in [2.24, 2.45) is 0 Å². The zero-order valence-corrected chi connectivity index (χ0v) is 28.6. The molecule has 0 heterocycles. The van der Waals surface area contributed by atoms with Crippen molar-refractivity contribution >= 4 is 11.9 Å². The van der Waals surface area contributed by atoms with Crippen molar-refractivity contribution in [1.29, 1.82) is 0 Å². The molecule has 0 saturated heterocycles. The maximum atomic E-state index is 15.2. The molecule has 0 bridgehead atoms. The predicted molar refractivity (Wildman–Crippen MR) is 185 cm³/mol. The number of ether oxygens (including phenoxy) is 2. The molecule has 4 aromatic rings. The summed E-state index contributed by atoms with van der Waals surface area (Å²) in [6.07, 6.45) is 0.980. The van der Waals surface area contributed by atoms with Crippen molar-refractivity contribution in [1.82, 2.24) is 10.6 Å². The average molecular weight is 705 g/mol. The molecule has 51 heavy (non-hydrogen) atoms. The number of carboxylic acid groups (broad SMARTS) is 2. The van der Waals surface area contributed by atoms with Gasteiger partial charge in [0.05, 0.1) is 13.2 Å². The van der Waals surface area contributed by atoms with E-state index in [0.717, 1.165) is 33.4 Å². The van der Waals surface area contributed by atoms with E-state index < -0.39 is 47.9 Å². The molecule has 1 aliphatic carbocycles. The molecule has 5 rings (SSSR count). The van der Waals surface area contributed by atoms with Gasteiger partial charge >= 0.3 is 11.9 Å². The molecule has 0 aromatic heterocycles. The van der Waals surface area contributed by atoms with Gasteiger partial charge in [-0.2, -0.15) is 0 Å². The molecule has 1 aliphatic rings. The Morgan fingerprint density at radius 1 is 0.804 bits per heavy atom. The maximum Gasteiger partial charge on any atom is 0.326 e. The van der Waals surface area contributed by atoms with Crippen LogP contribution in [0.5, 0.6) is 11.5 Å². The minimum Gasteiger partial charge on any atom is -0.486 e. The van der Waals surface area contributed by atoms with Gasteiger partial charge in [-0.25, -0.2) is 8.78 Å². The van der Waals surface area contributed by atoms with E-state index in [1.54, 1.807) is 12.1 Å². The van der Waals surface area contributed by atoms with Crippen molar-refractivity contribution in [2.75, 3.05) is 13.2 Å². The highest BCUT2D eigenvalue weighted by Crippen LogP contribution is 2.41. The molecule has 0 aliphatic heterocycles. The van der Waals surface area contributed by atoms with Crippen LogP contribution in [0.4, 0.5) is 8.78 Å². The monoisotopic (exact) mass is 704 g/mol. The third kappa shape index (κ3) is 8.20. The van der Waals surface area contributed by atoms with Crippen LogP contribution in [0.1, 0.15) is 59.8 Å². The minimum atomic E-state index is -1.55. The molecule has 0 spiro atoms. The van der Waals surface area contributed by atoms with Crippen LogP contribution in [0.25, 0.3) is 11.1 Å². The number of hydrogen-bond acceptors (Lipinski definition) is 8. The Morgan fingerprint density at radius 3 is 1.90 bits per heavy atom. The average Bonchev–Trinajstić information content (AvgIpc) is 3.53. The maximum absolute atomic E-state index is 15.2. The van der Waals surface area contributed by atoms with Gasteiger partial charge in [-0.05, 0) is 102 Å². The normalized spacial score (nSPS) is 16.2. The van der Waals surface area contributed by atoms with Crippen molar-refractivity contribution in [3.05, 3.63) is 118 Å². The highest BCUT2D eigenvalue weighted by atomic mass is 19.1. The Bertz CT molecular complexity index is 1920. The summed E-state index contributed by atoms with van der Waals surface area (Å²) in [5.41, 5.74) is 3.77. The molecule has 0 radical (unpaired) electrons. The van der Waals surface area contributed by atoms with E-state index in [9.17, 15) is 34.4 Å². The fourth-order valence-corrected chi connectivity index (χ4v) is 5.95. The molecular formula is C39H42F2N2O8. The number of fused-ring (bicyclic) bond motifs is 1. The van der Waals surface area contributed by atoms with Crippen LogP contribution in [0, 0.1) is 18.6 Å². The van der Waals surface area contributed by atoms with Gasteiger partial charge in [-0.3, -0.25) is 20.2 Å². The summed E-state index contributed by atoms with van der Waals surface area (Å²) in [5, 5.41) is 43.0. The van der Waals surface area contributed by atoms with E-state index in [4.69, 9.17) is 9.47 Å². The zero-order chi connectivity index (χ0) is 36.9. The number of hydrogen-bond donors (Lipinski definition) is 6. The molecule has 0 fully saturated rings. The van der Waals surface area contributed by atoms with Crippen LogP contribution in [0.2, 0.25) is 0 Å². The van der Waals surface area contributed by atoms with E-state index in [0.29, 0.717) is 24.0 Å². The van der Waals surface area contributed by atoms with Crippen LogP contribution in [0.3, 0.4) is 0 Å². The summed E-state index contributed by atoms with van der Waals surface area (Å²) in [6, 6.07) is 20.7. The third-order valence-corrected chi connectivity index (χ3v) is 9.54. The number of aliphatic carboxylic acids is 2. The lowest BCUT2D eigenvalue weighted by molar-refractivity contribution is -0.146. The summed E-state index contributed by atoms with van der Waals surface area (Å²) in [5.74, 6) is -3.46. The molecule has 12 heteroatoms. The summed E-state index contributed by atoms with van der Waals surface area (Å²) < 4.78 is 42.2. The van der Waals surface area contributed by atoms with E-state index in [2.05, 4.69) is 10.6 Å². The minimum absolute atomic E-state index is 0.0375. The fourth-order valence-electron chi connectivity index (χ4n) is 5.95. The van der Waals surface area contributed by atoms with Crippen LogP contribution in [-0.2, 0) is 35.7 Å². The van der Waals surface area contributed by atoms with Crippen molar-refractivity contribution in [3.8, 4) is 22.6 Å². The Balaban J connectivity index is 1.27. The largest absolute Gasteiger partial charge is 0.486 e. The first kappa shape index (κ1) is 37.4.